The number of hydrogen-bond donors (Lipinski definition) is 3. The van der Waals surface area contributed by atoms with Crippen LogP contribution in [0.1, 0.15) is 93.4 Å². The molecule has 2 aromatic carbocycles. The number of benzene rings is 2. The van der Waals surface area contributed by atoms with Crippen LogP contribution in [0.5, 0.6) is 17.4 Å². The van der Waals surface area contributed by atoms with Crippen molar-refractivity contribution in [3.05, 3.63) is 54.6 Å². The maximum Gasteiger partial charge on any atom is 0.411 e. The number of methoxy groups -OCH3 is 1. The number of sulfonamides is 1. The maximum absolute atomic E-state index is 15.3. The highest BCUT2D eigenvalue weighted by atomic mass is 32.2. The Bertz CT molecular complexity index is 2550. The highest BCUT2D eigenvalue weighted by Gasteiger charge is 2.64. The van der Waals surface area contributed by atoms with Crippen LogP contribution in [0.15, 0.2) is 54.6 Å². The Balaban J connectivity index is 1.32. The molecule has 16 nitrogen and oxygen atoms in total. The van der Waals surface area contributed by atoms with Gasteiger partial charge < -0.3 is 29.5 Å². The molecule has 364 valence electrons. The monoisotopic (exact) mass is 956 g/mol. The van der Waals surface area contributed by atoms with E-state index < -0.39 is 92.4 Å². The van der Waals surface area contributed by atoms with Crippen molar-refractivity contribution >= 4 is 44.9 Å². The van der Waals surface area contributed by atoms with Crippen molar-refractivity contribution < 1.29 is 60.1 Å². The van der Waals surface area contributed by atoms with E-state index in [1.807, 2.05) is 20.8 Å². The zero-order valence-corrected chi connectivity index (χ0v) is 39.7. The number of hydrogen-bond acceptors (Lipinski definition) is 11. The molecule has 67 heavy (non-hydrogen) atoms. The smallest absolute Gasteiger partial charge is 0.411 e. The number of carbonyl (C=O) groups excluding carboxylic acids is 3. The van der Waals surface area contributed by atoms with Gasteiger partial charge >= 0.3 is 12.3 Å². The fourth-order valence-electron chi connectivity index (χ4n) is 9.12. The molecule has 3 N–H and O–H groups in total. The molecule has 0 bridgehead atoms. The van der Waals surface area contributed by atoms with Gasteiger partial charge in [-0.05, 0) is 121 Å². The van der Waals surface area contributed by atoms with E-state index in [2.05, 4.69) is 10.0 Å². The predicted octanol–water partition coefficient (Wildman–Crippen LogP) is 7.02. The van der Waals surface area contributed by atoms with Crippen molar-refractivity contribution in [1.29, 1.82) is 0 Å². The number of halogens is 3. The lowest BCUT2D eigenvalue weighted by molar-refractivity contribution is -0.222. The molecular formula is C47H59F3N6O10S. The van der Waals surface area contributed by atoms with Crippen LogP contribution in [-0.4, -0.2) is 117 Å². The lowest BCUT2D eigenvalue weighted by Crippen LogP contribution is -2.66. The molecule has 0 radical (unpaired) electrons. The third-order valence-corrected chi connectivity index (χ3v) is 15.8. The van der Waals surface area contributed by atoms with E-state index in [1.165, 1.54) is 21.0 Å². The number of carbonyl (C=O) groups is 4. The normalized spacial score (nSPS) is 27.1. The molecule has 0 spiro atoms. The first kappa shape index (κ1) is 49.3. The summed E-state index contributed by atoms with van der Waals surface area (Å²) in [5.41, 5.74) is -3.18. The number of nitrogens with one attached hydrogen (secondary N) is 2. The SMILES string of the molecule is COc1ccc2nc(O[C@@H]3C[C@H]4C(=O)N[C@]5(C(=O)NS(=O)(=O)C6(C)CC6)C[C@H]5/C=C\CC[C@@H](C)C[C@@H](C)[C@H](N(C(=O)O)C(C)(C)C(F)(F)F)C(=O)N4C3)c(-c3ccc(OC(C)C)cc3)nc2c1. The predicted molar refractivity (Wildman–Crippen MR) is 241 cm³/mol. The average Bonchev–Trinajstić information content (AvgIpc) is 4.13. The van der Waals surface area contributed by atoms with Gasteiger partial charge in [0.05, 0.1) is 35.5 Å². The standard InChI is InChI=1S/C47H59F3N6O10S/c1-26(2)65-31-15-13-29(14-16-31)37-40(52-34-18-17-32(64-8)22-35(34)51-37)66-33-23-36-39(57)53-46(42(59)54-67(62,63)45(7)19-20-45)24-30(46)12-10-9-11-27(3)21-28(4)38(41(58)55(36)25-33)56(43(60)61)44(5,6)47(48,49)50/h10,12-18,22,26-28,30,33,36,38H,9,11,19-21,23-25H2,1-8H3,(H,53,57)(H,54,59)(H,60,61)/b12-10-/t27-,28-,30-,33-,36+,38+,46-/m1/s1. The summed E-state index contributed by atoms with van der Waals surface area (Å²) in [5, 5.41) is 13.4. The van der Waals surface area contributed by atoms with E-state index in [4.69, 9.17) is 24.2 Å². The van der Waals surface area contributed by atoms with Crippen LogP contribution < -0.4 is 24.2 Å². The summed E-state index contributed by atoms with van der Waals surface area (Å²) < 4.78 is 90.2. The number of ether oxygens (including phenoxy) is 3. The Kier molecular flexibility index (Phi) is 13.3. The van der Waals surface area contributed by atoms with Gasteiger partial charge in [0.2, 0.25) is 27.7 Å². The second-order valence-corrected chi connectivity index (χ2v) is 21.7. The van der Waals surface area contributed by atoms with E-state index in [1.54, 1.807) is 54.6 Å². The molecule has 3 heterocycles. The molecule has 0 unspecified atom stereocenters. The number of rotatable bonds is 11. The molecule has 1 aromatic heterocycles. The van der Waals surface area contributed by atoms with Crippen molar-refractivity contribution in [2.45, 2.75) is 140 Å². The summed E-state index contributed by atoms with van der Waals surface area (Å²) >= 11 is 0. The van der Waals surface area contributed by atoms with Gasteiger partial charge in [0, 0.05) is 24.0 Å². The molecular weight excluding hydrogens is 898 g/mol. The van der Waals surface area contributed by atoms with Gasteiger partial charge in [0.25, 0.3) is 5.91 Å². The molecule has 4 amide bonds. The van der Waals surface area contributed by atoms with Crippen LogP contribution in [-0.2, 0) is 24.4 Å². The molecule has 3 aromatic rings. The van der Waals surface area contributed by atoms with Crippen LogP contribution in [0, 0.1) is 17.8 Å². The number of carboxylic acid groups (broad SMARTS) is 1. The minimum absolute atomic E-state index is 0.0121. The molecule has 3 fully saturated rings. The number of aromatic nitrogens is 2. The third kappa shape index (κ3) is 9.86. The van der Waals surface area contributed by atoms with Gasteiger partial charge in [-0.25, -0.2) is 23.2 Å². The fraction of sp³-hybridized carbons (Fsp3) is 0.574. The second-order valence-electron chi connectivity index (χ2n) is 19.5. The quantitative estimate of drug-likeness (QED) is 0.166. The zero-order chi connectivity index (χ0) is 49.0. The number of allylic oxidation sites excluding steroid dienone is 1. The minimum atomic E-state index is -5.13. The lowest BCUT2D eigenvalue weighted by Gasteiger charge is -2.45. The fourth-order valence-corrected chi connectivity index (χ4v) is 10.4. The summed E-state index contributed by atoms with van der Waals surface area (Å²) in [7, 11) is -2.65. The molecule has 1 saturated heterocycles. The van der Waals surface area contributed by atoms with Gasteiger partial charge in [-0.15, -0.1) is 0 Å². The maximum atomic E-state index is 15.3. The van der Waals surface area contributed by atoms with Crippen molar-refractivity contribution in [3.8, 4) is 28.6 Å². The minimum Gasteiger partial charge on any atom is -0.497 e. The van der Waals surface area contributed by atoms with Crippen LogP contribution >= 0.6 is 0 Å². The Morgan fingerprint density at radius 1 is 1.01 bits per heavy atom. The molecule has 7 rings (SSSR count). The Labute approximate surface area is 388 Å². The van der Waals surface area contributed by atoms with Crippen molar-refractivity contribution in [2.24, 2.45) is 17.8 Å². The first-order valence-corrected chi connectivity index (χ1v) is 24.0. The summed E-state index contributed by atoms with van der Waals surface area (Å²) in [6.45, 7) is 9.61. The van der Waals surface area contributed by atoms with Gasteiger partial charge in [0.1, 0.15) is 46.5 Å². The largest absolute Gasteiger partial charge is 0.497 e. The third-order valence-electron chi connectivity index (χ3n) is 13.6. The first-order valence-electron chi connectivity index (χ1n) is 22.6. The highest BCUT2D eigenvalue weighted by Crippen LogP contribution is 2.48. The average molecular weight is 957 g/mol. The zero-order valence-electron chi connectivity index (χ0n) is 38.8. The molecule has 2 saturated carbocycles. The van der Waals surface area contributed by atoms with Gasteiger partial charge in [-0.1, -0.05) is 26.0 Å². The van der Waals surface area contributed by atoms with Crippen molar-refractivity contribution in [1.82, 2.24) is 29.8 Å². The summed E-state index contributed by atoms with van der Waals surface area (Å²) in [5.74, 6) is -3.71. The van der Waals surface area contributed by atoms with Crippen LogP contribution in [0.3, 0.4) is 0 Å². The highest BCUT2D eigenvalue weighted by molar-refractivity contribution is 7.91. The van der Waals surface area contributed by atoms with E-state index in [-0.39, 0.29) is 47.8 Å². The van der Waals surface area contributed by atoms with Crippen molar-refractivity contribution in [3.63, 3.8) is 0 Å². The van der Waals surface area contributed by atoms with Crippen LogP contribution in [0.2, 0.25) is 0 Å². The summed E-state index contributed by atoms with van der Waals surface area (Å²) in [4.78, 5) is 68.2. The molecule has 7 atom stereocenters. The van der Waals surface area contributed by atoms with Crippen molar-refractivity contribution in [2.75, 3.05) is 13.7 Å². The van der Waals surface area contributed by atoms with Crippen LogP contribution in [0.4, 0.5) is 18.0 Å². The lowest BCUT2D eigenvalue weighted by atomic mass is 9.85. The number of alkyl halides is 3. The molecule has 2 aliphatic carbocycles. The Morgan fingerprint density at radius 2 is 1.69 bits per heavy atom. The van der Waals surface area contributed by atoms with E-state index >= 15 is 4.79 Å². The Morgan fingerprint density at radius 3 is 2.30 bits per heavy atom. The summed E-state index contributed by atoms with van der Waals surface area (Å²) in [6, 6.07) is 8.53. The van der Waals surface area contributed by atoms with Gasteiger partial charge in [-0.3, -0.25) is 24.0 Å². The van der Waals surface area contributed by atoms with E-state index in [0.29, 0.717) is 67.6 Å². The molecule has 4 aliphatic rings. The van der Waals surface area contributed by atoms with E-state index in [0.717, 1.165) is 4.90 Å². The topological polar surface area (TPSA) is 207 Å². The number of amides is 4. The number of fused-ring (bicyclic) bond motifs is 3. The van der Waals surface area contributed by atoms with Gasteiger partial charge in [-0.2, -0.15) is 13.2 Å². The van der Waals surface area contributed by atoms with E-state index in [9.17, 15) is 41.1 Å². The second kappa shape index (κ2) is 18.1. The summed E-state index contributed by atoms with van der Waals surface area (Å²) in [6.07, 6.45) is -3.29. The molecule has 2 aliphatic heterocycles. The van der Waals surface area contributed by atoms with Crippen LogP contribution in [0.25, 0.3) is 22.3 Å². The number of nitrogens with zero attached hydrogens (tertiary/aromatic N) is 4. The van der Waals surface area contributed by atoms with Gasteiger partial charge in [0.15, 0.2) is 0 Å². The first-order chi connectivity index (χ1) is 31.3. The Hall–Kier alpha value is -5.66. The molecule has 20 heteroatoms.